The first-order valence-electron chi connectivity index (χ1n) is 10.9. The van der Waals surface area contributed by atoms with Crippen LogP contribution < -0.4 is 10.6 Å². The minimum atomic E-state index is -4.68. The van der Waals surface area contributed by atoms with E-state index in [1.165, 1.54) is 13.0 Å². The molecule has 1 aromatic rings. The number of fused-ring (bicyclic) bond motifs is 1. The smallest absolute Gasteiger partial charge is 0.433 e. The van der Waals surface area contributed by atoms with Crippen LogP contribution >= 0.6 is 0 Å². The number of likely N-dealkylation sites (tertiary alicyclic amines) is 1. The Morgan fingerprint density at radius 2 is 1.97 bits per heavy atom. The number of pyridine rings is 1. The van der Waals surface area contributed by atoms with Gasteiger partial charge < -0.3 is 15.7 Å². The number of hydrogen-bond donors (Lipinski definition) is 3. The average Bonchev–Trinajstić information content (AvgIpc) is 3.30. The van der Waals surface area contributed by atoms with E-state index in [-0.39, 0.29) is 36.5 Å². The number of halogens is 3. The lowest BCUT2D eigenvalue weighted by atomic mass is 9.85. The minimum Gasteiger partial charge on any atom is -0.465 e. The van der Waals surface area contributed by atoms with Crippen molar-refractivity contribution in [1.29, 1.82) is 0 Å². The lowest BCUT2D eigenvalue weighted by Crippen LogP contribution is -2.45. The zero-order valence-electron chi connectivity index (χ0n) is 19.3. The standard InChI is InChI=1S/C23H29F3N4O4/c1-5-8-21(3,4)11-17(31)27-12-22-9-14(30(20(33)34)16(22)10-22)19(32)29-18-13(2)6-7-15(28-18)23(24,25)26/h5-7,14,16H,1,8-12H2,2-4H3,(H,27,31)(H,33,34)(H,28,29,32). The van der Waals surface area contributed by atoms with Crippen LogP contribution in [0.3, 0.4) is 0 Å². The second-order valence-corrected chi connectivity index (χ2v) is 9.95. The molecule has 3 N–H and O–H groups in total. The van der Waals surface area contributed by atoms with Crippen molar-refractivity contribution in [2.75, 3.05) is 11.9 Å². The summed E-state index contributed by atoms with van der Waals surface area (Å²) < 4.78 is 39.0. The fourth-order valence-corrected chi connectivity index (χ4v) is 4.64. The van der Waals surface area contributed by atoms with Crippen LogP contribution in [0, 0.1) is 17.8 Å². The Labute approximate surface area is 195 Å². The molecule has 3 rings (SSSR count). The number of nitrogens with zero attached hydrogens (tertiary/aromatic N) is 2. The Hall–Kier alpha value is -3.11. The molecule has 1 saturated carbocycles. The van der Waals surface area contributed by atoms with Crippen molar-refractivity contribution >= 4 is 23.7 Å². The molecule has 2 aliphatic rings. The highest BCUT2D eigenvalue weighted by molar-refractivity contribution is 5.97. The first kappa shape index (κ1) is 25.5. The van der Waals surface area contributed by atoms with Gasteiger partial charge in [0.15, 0.2) is 0 Å². The van der Waals surface area contributed by atoms with Crippen molar-refractivity contribution in [2.45, 2.75) is 64.7 Å². The quantitative estimate of drug-likeness (QED) is 0.486. The number of carbonyl (C=O) groups is 3. The zero-order chi connectivity index (χ0) is 25.5. The zero-order valence-corrected chi connectivity index (χ0v) is 19.3. The van der Waals surface area contributed by atoms with E-state index in [0.29, 0.717) is 18.4 Å². The predicted octanol–water partition coefficient (Wildman–Crippen LogP) is 3.97. The summed E-state index contributed by atoms with van der Waals surface area (Å²) in [6.07, 6.45) is -2.65. The van der Waals surface area contributed by atoms with Gasteiger partial charge in [-0.05, 0) is 43.2 Å². The molecular weight excluding hydrogens is 453 g/mol. The van der Waals surface area contributed by atoms with Crippen LogP contribution in [0.5, 0.6) is 0 Å². The third kappa shape index (κ3) is 5.34. The molecule has 2 fully saturated rings. The number of piperidine rings is 1. The van der Waals surface area contributed by atoms with Crippen LogP contribution in [0.15, 0.2) is 24.8 Å². The van der Waals surface area contributed by atoms with Gasteiger partial charge in [-0.1, -0.05) is 26.0 Å². The van der Waals surface area contributed by atoms with Gasteiger partial charge in [-0.2, -0.15) is 13.2 Å². The normalized spacial score (nSPS) is 23.8. The van der Waals surface area contributed by atoms with E-state index in [2.05, 4.69) is 22.2 Å². The largest absolute Gasteiger partial charge is 0.465 e. The Morgan fingerprint density at radius 3 is 2.56 bits per heavy atom. The Balaban J connectivity index is 1.69. The molecule has 8 nitrogen and oxygen atoms in total. The first-order valence-corrected chi connectivity index (χ1v) is 10.9. The highest BCUT2D eigenvalue weighted by atomic mass is 19.4. The number of amides is 3. The number of hydrogen-bond acceptors (Lipinski definition) is 4. The molecule has 186 valence electrons. The van der Waals surface area contributed by atoms with Gasteiger partial charge in [-0.15, -0.1) is 6.58 Å². The van der Waals surface area contributed by atoms with E-state index in [4.69, 9.17) is 0 Å². The van der Waals surface area contributed by atoms with Gasteiger partial charge in [0.25, 0.3) is 0 Å². The van der Waals surface area contributed by atoms with Crippen molar-refractivity contribution in [2.24, 2.45) is 10.8 Å². The van der Waals surface area contributed by atoms with E-state index in [0.717, 1.165) is 11.0 Å². The molecule has 0 aromatic carbocycles. The van der Waals surface area contributed by atoms with Gasteiger partial charge in [0.2, 0.25) is 11.8 Å². The number of allylic oxidation sites excluding steroid dienone is 1. The average molecular weight is 483 g/mol. The number of alkyl halides is 3. The van der Waals surface area contributed by atoms with Crippen LogP contribution in [0.25, 0.3) is 0 Å². The van der Waals surface area contributed by atoms with Crippen LogP contribution in [0.2, 0.25) is 0 Å². The fraction of sp³-hybridized carbons (Fsp3) is 0.565. The lowest BCUT2D eigenvalue weighted by molar-refractivity contribution is -0.141. The Morgan fingerprint density at radius 1 is 1.29 bits per heavy atom. The van der Waals surface area contributed by atoms with E-state index in [1.54, 1.807) is 6.08 Å². The number of aromatic nitrogens is 1. The van der Waals surface area contributed by atoms with Crippen molar-refractivity contribution in [3.63, 3.8) is 0 Å². The van der Waals surface area contributed by atoms with Gasteiger partial charge in [-0.25, -0.2) is 9.78 Å². The van der Waals surface area contributed by atoms with Crippen LogP contribution in [0.4, 0.5) is 23.8 Å². The molecule has 3 amide bonds. The summed E-state index contributed by atoms with van der Waals surface area (Å²) in [5.41, 5.74) is -1.69. The molecule has 0 spiro atoms. The van der Waals surface area contributed by atoms with Gasteiger partial charge in [0.05, 0.1) is 0 Å². The molecule has 1 aliphatic heterocycles. The fourth-order valence-electron chi connectivity index (χ4n) is 4.64. The minimum absolute atomic E-state index is 0.157. The first-order chi connectivity index (χ1) is 15.7. The number of aryl methyl sites for hydroxylation is 1. The maximum Gasteiger partial charge on any atom is 0.433 e. The second-order valence-electron chi connectivity index (χ2n) is 9.95. The second kappa shape index (κ2) is 8.92. The summed E-state index contributed by atoms with van der Waals surface area (Å²) in [7, 11) is 0. The van der Waals surface area contributed by atoms with E-state index in [1.807, 2.05) is 13.8 Å². The summed E-state index contributed by atoms with van der Waals surface area (Å²) in [6, 6.07) is 0.462. The van der Waals surface area contributed by atoms with Crippen molar-refractivity contribution in [3.8, 4) is 0 Å². The third-order valence-electron chi connectivity index (χ3n) is 6.54. The van der Waals surface area contributed by atoms with Gasteiger partial charge in [-0.3, -0.25) is 14.5 Å². The van der Waals surface area contributed by atoms with Crippen LogP contribution in [-0.4, -0.2) is 51.5 Å². The molecule has 1 aliphatic carbocycles. The summed E-state index contributed by atoms with van der Waals surface area (Å²) in [6.45, 7) is 9.29. The Kier molecular flexibility index (Phi) is 6.69. The monoisotopic (exact) mass is 482 g/mol. The Bertz CT molecular complexity index is 1010. The molecule has 3 atom stereocenters. The molecule has 34 heavy (non-hydrogen) atoms. The lowest BCUT2D eigenvalue weighted by Gasteiger charge is -2.24. The van der Waals surface area contributed by atoms with Crippen molar-refractivity contribution in [1.82, 2.24) is 15.2 Å². The molecule has 3 unspecified atom stereocenters. The van der Waals surface area contributed by atoms with Crippen molar-refractivity contribution < 1.29 is 32.7 Å². The number of carbonyl (C=O) groups excluding carboxylic acids is 2. The van der Waals surface area contributed by atoms with Gasteiger partial charge in [0.1, 0.15) is 17.6 Å². The van der Waals surface area contributed by atoms with E-state index in [9.17, 15) is 32.7 Å². The summed E-state index contributed by atoms with van der Waals surface area (Å²) in [4.78, 5) is 41.7. The van der Waals surface area contributed by atoms with E-state index >= 15 is 0 Å². The maximum absolute atomic E-state index is 13.0. The van der Waals surface area contributed by atoms with E-state index < -0.39 is 41.4 Å². The molecule has 0 bridgehead atoms. The van der Waals surface area contributed by atoms with Gasteiger partial charge in [0, 0.05) is 24.4 Å². The van der Waals surface area contributed by atoms with Crippen LogP contribution in [-0.2, 0) is 15.8 Å². The molecule has 11 heteroatoms. The molecule has 0 radical (unpaired) electrons. The SMILES string of the molecule is C=CCC(C)(C)CC(=O)NCC12CC(C(=O)Nc3nc(C(F)(F)F)ccc3C)N(C(=O)O)C1C2. The number of rotatable bonds is 8. The number of carboxylic acid groups (broad SMARTS) is 1. The van der Waals surface area contributed by atoms with Crippen molar-refractivity contribution in [3.05, 3.63) is 36.0 Å². The highest BCUT2D eigenvalue weighted by Gasteiger charge is 2.67. The van der Waals surface area contributed by atoms with Gasteiger partial charge >= 0.3 is 12.3 Å². The summed E-state index contributed by atoms with van der Waals surface area (Å²) in [5.74, 6) is -1.19. The summed E-state index contributed by atoms with van der Waals surface area (Å²) >= 11 is 0. The number of nitrogens with one attached hydrogen (secondary N) is 2. The highest BCUT2D eigenvalue weighted by Crippen LogP contribution is 2.59. The molecule has 1 aromatic heterocycles. The molecular formula is C23H29F3N4O4. The third-order valence-corrected chi connectivity index (χ3v) is 6.54. The maximum atomic E-state index is 13.0. The number of anilines is 1. The van der Waals surface area contributed by atoms with Crippen LogP contribution in [0.1, 0.15) is 50.8 Å². The molecule has 1 saturated heterocycles. The topological polar surface area (TPSA) is 112 Å². The summed E-state index contributed by atoms with van der Waals surface area (Å²) in [5, 5.41) is 14.9. The molecule has 2 heterocycles. The predicted molar refractivity (Wildman–Crippen MR) is 118 cm³/mol.